The molecule has 0 unspecified atom stereocenters. The molecule has 2 heterocycles. The molecule has 0 atom stereocenters. The van der Waals surface area contributed by atoms with E-state index in [9.17, 15) is 4.79 Å². The lowest BCUT2D eigenvalue weighted by molar-refractivity contribution is -0.134. The van der Waals surface area contributed by atoms with E-state index in [4.69, 9.17) is 9.90 Å². The first-order chi connectivity index (χ1) is 8.61. The average molecular weight is 244 g/mol. The number of carboxylic acids is 1. The third kappa shape index (κ3) is 4.52. The number of carboxylic acid groups (broad SMARTS) is 1. The second-order valence-electron chi connectivity index (χ2n) is 3.30. The van der Waals surface area contributed by atoms with E-state index in [1.54, 1.807) is 42.7 Å². The molecule has 0 fully saturated rings. The molecular formula is C13H12N2O3. The van der Waals surface area contributed by atoms with E-state index < -0.39 is 5.97 Å². The Bertz CT molecular complexity index is 467. The second-order valence-corrected chi connectivity index (χ2v) is 3.30. The van der Waals surface area contributed by atoms with Crippen LogP contribution in [-0.2, 0) is 4.79 Å². The van der Waals surface area contributed by atoms with Crippen LogP contribution < -0.4 is 0 Å². The third-order valence-corrected chi connectivity index (χ3v) is 1.82. The molecule has 0 aliphatic rings. The highest BCUT2D eigenvalue weighted by atomic mass is 16.4. The van der Waals surface area contributed by atoms with Crippen LogP contribution in [-0.4, -0.2) is 26.8 Å². The number of aliphatic carboxylic acids is 1. The van der Waals surface area contributed by atoms with E-state index in [2.05, 4.69) is 9.97 Å². The van der Waals surface area contributed by atoms with Crippen LogP contribution in [0.4, 0.5) is 0 Å². The van der Waals surface area contributed by atoms with Gasteiger partial charge in [0.2, 0.25) is 5.78 Å². The Kier molecular flexibility index (Phi) is 5.18. The average Bonchev–Trinajstić information content (AvgIpc) is 2.39. The molecule has 0 saturated heterocycles. The van der Waals surface area contributed by atoms with Gasteiger partial charge in [0.1, 0.15) is 5.69 Å². The maximum absolute atomic E-state index is 11.7. The van der Waals surface area contributed by atoms with Crippen LogP contribution >= 0.6 is 0 Å². The Morgan fingerprint density at radius 3 is 2.33 bits per heavy atom. The quantitative estimate of drug-likeness (QED) is 0.815. The lowest BCUT2D eigenvalue weighted by atomic mass is 10.1. The highest BCUT2D eigenvalue weighted by Crippen LogP contribution is 2.04. The van der Waals surface area contributed by atoms with Gasteiger partial charge < -0.3 is 5.11 Å². The summed E-state index contributed by atoms with van der Waals surface area (Å²) in [5.41, 5.74) is 1.01. The van der Waals surface area contributed by atoms with Gasteiger partial charge in [-0.3, -0.25) is 19.6 Å². The summed E-state index contributed by atoms with van der Waals surface area (Å²) in [5, 5.41) is 7.42. The first kappa shape index (κ1) is 13.5. The summed E-state index contributed by atoms with van der Waals surface area (Å²) < 4.78 is 0. The normalized spacial score (nSPS) is 8.94. The van der Waals surface area contributed by atoms with Crippen LogP contribution in [0.15, 0.2) is 48.9 Å². The molecule has 0 radical (unpaired) electrons. The van der Waals surface area contributed by atoms with Crippen molar-refractivity contribution in [2.24, 2.45) is 0 Å². The van der Waals surface area contributed by atoms with Crippen molar-refractivity contribution in [3.8, 4) is 0 Å². The van der Waals surface area contributed by atoms with Crippen molar-refractivity contribution in [2.75, 3.05) is 0 Å². The lowest BCUT2D eigenvalue weighted by Gasteiger charge is -1.97. The van der Waals surface area contributed by atoms with Crippen LogP contribution in [0, 0.1) is 0 Å². The molecule has 0 bridgehead atoms. The Balaban J connectivity index is 0.000000357. The van der Waals surface area contributed by atoms with E-state index in [0.717, 1.165) is 6.92 Å². The molecule has 2 aromatic heterocycles. The minimum absolute atomic E-state index is 0.0984. The third-order valence-electron chi connectivity index (χ3n) is 1.82. The topological polar surface area (TPSA) is 80.1 Å². The van der Waals surface area contributed by atoms with Crippen molar-refractivity contribution in [1.29, 1.82) is 0 Å². The van der Waals surface area contributed by atoms with Gasteiger partial charge in [0.05, 0.1) is 0 Å². The highest BCUT2D eigenvalue weighted by Gasteiger charge is 2.08. The molecule has 18 heavy (non-hydrogen) atoms. The predicted octanol–water partition coefficient (Wildman–Crippen LogP) is 1.80. The first-order valence-electron chi connectivity index (χ1n) is 5.16. The van der Waals surface area contributed by atoms with Gasteiger partial charge in [-0.1, -0.05) is 6.07 Å². The zero-order chi connectivity index (χ0) is 13.4. The number of aromatic nitrogens is 2. The number of rotatable bonds is 2. The number of hydrogen-bond acceptors (Lipinski definition) is 4. The fourth-order valence-electron chi connectivity index (χ4n) is 1.14. The molecule has 0 spiro atoms. The second kappa shape index (κ2) is 6.90. The molecule has 92 valence electrons. The lowest BCUT2D eigenvalue weighted by Crippen LogP contribution is -2.03. The van der Waals surface area contributed by atoms with E-state index in [1.165, 1.54) is 6.20 Å². The largest absolute Gasteiger partial charge is 0.481 e. The fourth-order valence-corrected chi connectivity index (χ4v) is 1.14. The predicted molar refractivity (Wildman–Crippen MR) is 65.2 cm³/mol. The fraction of sp³-hybridized carbons (Fsp3) is 0.0769. The van der Waals surface area contributed by atoms with Gasteiger partial charge in [-0.2, -0.15) is 0 Å². The van der Waals surface area contributed by atoms with Crippen molar-refractivity contribution < 1.29 is 14.7 Å². The SMILES string of the molecule is CC(=O)O.O=C(c1cccnc1)c1ccccn1. The maximum atomic E-state index is 11.7. The zero-order valence-corrected chi connectivity index (χ0v) is 9.78. The zero-order valence-electron chi connectivity index (χ0n) is 9.78. The Morgan fingerprint density at radius 1 is 1.11 bits per heavy atom. The summed E-state index contributed by atoms with van der Waals surface area (Å²) >= 11 is 0. The molecule has 2 aromatic rings. The van der Waals surface area contributed by atoms with E-state index >= 15 is 0 Å². The van der Waals surface area contributed by atoms with Crippen LogP contribution in [0.3, 0.4) is 0 Å². The van der Waals surface area contributed by atoms with Gasteiger partial charge in [0, 0.05) is 31.1 Å². The number of ketones is 1. The van der Waals surface area contributed by atoms with E-state index in [0.29, 0.717) is 11.3 Å². The van der Waals surface area contributed by atoms with Crippen molar-refractivity contribution in [3.05, 3.63) is 60.2 Å². The minimum atomic E-state index is -0.833. The number of pyridine rings is 2. The van der Waals surface area contributed by atoms with Crippen molar-refractivity contribution in [2.45, 2.75) is 6.92 Å². The van der Waals surface area contributed by atoms with Gasteiger partial charge in [0.15, 0.2) is 0 Å². The molecule has 0 aliphatic heterocycles. The summed E-state index contributed by atoms with van der Waals surface area (Å²) in [4.78, 5) is 28.6. The molecule has 2 rings (SSSR count). The number of carbonyl (C=O) groups is 2. The Labute approximate surface area is 104 Å². The summed E-state index contributed by atoms with van der Waals surface area (Å²) in [5.74, 6) is -0.932. The Morgan fingerprint density at radius 2 is 1.83 bits per heavy atom. The first-order valence-corrected chi connectivity index (χ1v) is 5.16. The molecule has 0 amide bonds. The van der Waals surface area contributed by atoms with Crippen LogP contribution in [0.1, 0.15) is 23.0 Å². The number of hydrogen-bond donors (Lipinski definition) is 1. The molecule has 0 aliphatic carbocycles. The van der Waals surface area contributed by atoms with Gasteiger partial charge in [-0.05, 0) is 24.3 Å². The highest BCUT2D eigenvalue weighted by molar-refractivity contribution is 6.07. The standard InChI is InChI=1S/C11H8N2O.C2H4O2/c14-11(9-4-3-6-12-8-9)10-5-1-2-7-13-10;1-2(3)4/h1-8H;1H3,(H,3,4). The Hall–Kier alpha value is -2.56. The summed E-state index contributed by atoms with van der Waals surface area (Å²) in [7, 11) is 0. The van der Waals surface area contributed by atoms with Crippen LogP contribution in [0.5, 0.6) is 0 Å². The summed E-state index contributed by atoms with van der Waals surface area (Å²) in [6.07, 6.45) is 4.77. The summed E-state index contributed by atoms with van der Waals surface area (Å²) in [6.45, 7) is 1.08. The molecule has 5 heteroatoms. The smallest absolute Gasteiger partial charge is 0.300 e. The number of carbonyl (C=O) groups excluding carboxylic acids is 1. The van der Waals surface area contributed by atoms with Crippen molar-refractivity contribution in [1.82, 2.24) is 9.97 Å². The molecule has 0 aromatic carbocycles. The van der Waals surface area contributed by atoms with Gasteiger partial charge in [0.25, 0.3) is 5.97 Å². The monoisotopic (exact) mass is 244 g/mol. The van der Waals surface area contributed by atoms with Crippen LogP contribution in [0.25, 0.3) is 0 Å². The summed E-state index contributed by atoms with van der Waals surface area (Å²) in [6, 6.07) is 8.71. The van der Waals surface area contributed by atoms with Crippen molar-refractivity contribution >= 4 is 11.8 Å². The van der Waals surface area contributed by atoms with Crippen LogP contribution in [0.2, 0.25) is 0 Å². The maximum Gasteiger partial charge on any atom is 0.300 e. The van der Waals surface area contributed by atoms with Gasteiger partial charge in [-0.15, -0.1) is 0 Å². The van der Waals surface area contributed by atoms with Gasteiger partial charge in [-0.25, -0.2) is 0 Å². The van der Waals surface area contributed by atoms with Gasteiger partial charge >= 0.3 is 0 Å². The number of nitrogens with zero attached hydrogens (tertiary/aromatic N) is 2. The minimum Gasteiger partial charge on any atom is -0.481 e. The molecular weight excluding hydrogens is 232 g/mol. The van der Waals surface area contributed by atoms with E-state index in [1.807, 2.05) is 0 Å². The van der Waals surface area contributed by atoms with E-state index in [-0.39, 0.29) is 5.78 Å². The molecule has 0 saturated carbocycles. The molecule has 1 N–H and O–H groups in total. The molecule has 5 nitrogen and oxygen atoms in total. The van der Waals surface area contributed by atoms with Crippen molar-refractivity contribution in [3.63, 3.8) is 0 Å².